The number of hydrogen-bond acceptors (Lipinski definition) is 2. The van der Waals surface area contributed by atoms with Crippen molar-refractivity contribution in [2.24, 2.45) is 0 Å². The largest absolute Gasteiger partial charge is 0.361 e. The van der Waals surface area contributed by atoms with Gasteiger partial charge in [-0.05, 0) is 60.4 Å². The predicted molar refractivity (Wildman–Crippen MR) is 129 cm³/mol. The van der Waals surface area contributed by atoms with E-state index in [-0.39, 0.29) is 6.17 Å². The van der Waals surface area contributed by atoms with Crippen molar-refractivity contribution in [1.29, 1.82) is 0 Å². The van der Waals surface area contributed by atoms with Crippen molar-refractivity contribution in [2.75, 3.05) is 17.3 Å². The monoisotopic (exact) mass is 392 g/mol. The molecule has 4 rings (SSSR count). The summed E-state index contributed by atoms with van der Waals surface area (Å²) >= 11 is 0. The van der Waals surface area contributed by atoms with Crippen molar-refractivity contribution < 1.29 is 0 Å². The topological polar surface area (TPSA) is 15.3 Å². The summed E-state index contributed by atoms with van der Waals surface area (Å²) in [7, 11) is 2.14. The van der Waals surface area contributed by atoms with E-state index in [4.69, 9.17) is 0 Å². The molecule has 0 spiro atoms. The number of rotatable bonds is 6. The number of hydrogen-bond donors (Lipinski definition) is 1. The summed E-state index contributed by atoms with van der Waals surface area (Å²) < 4.78 is 0. The third-order valence-corrected chi connectivity index (χ3v) is 5.58. The average Bonchev–Trinajstić information content (AvgIpc) is 2.79. The van der Waals surface area contributed by atoms with Crippen molar-refractivity contribution in [1.82, 2.24) is 0 Å². The van der Waals surface area contributed by atoms with E-state index in [1.54, 1.807) is 0 Å². The Labute approximate surface area is 179 Å². The molecule has 30 heavy (non-hydrogen) atoms. The Hall–Kier alpha value is -3.52. The number of anilines is 2. The van der Waals surface area contributed by atoms with Gasteiger partial charge < -0.3 is 10.2 Å². The Balaban J connectivity index is 1.74. The van der Waals surface area contributed by atoms with Crippen LogP contribution in [0.3, 0.4) is 0 Å². The standard InChI is InChI=1S/C28H28N2/c1-21-16-18-23(19-17-21)24-11-9-12-25(20-24)28(29-27-15-8-7-10-22(27)2)30(3)26-13-5-4-6-14-26/h4-20,28-29H,1-3H3. The fourth-order valence-electron chi connectivity index (χ4n) is 3.73. The molecule has 2 nitrogen and oxygen atoms in total. The molecule has 1 atom stereocenters. The third kappa shape index (κ3) is 4.38. The van der Waals surface area contributed by atoms with E-state index in [0.717, 1.165) is 5.69 Å². The van der Waals surface area contributed by atoms with Crippen molar-refractivity contribution >= 4 is 11.4 Å². The van der Waals surface area contributed by atoms with E-state index in [9.17, 15) is 0 Å². The molecule has 4 aromatic carbocycles. The quantitative estimate of drug-likeness (QED) is 0.349. The maximum Gasteiger partial charge on any atom is 0.125 e. The van der Waals surface area contributed by atoms with Gasteiger partial charge in [-0.15, -0.1) is 0 Å². The summed E-state index contributed by atoms with van der Waals surface area (Å²) in [4.78, 5) is 2.29. The summed E-state index contributed by atoms with van der Waals surface area (Å²) in [6, 6.07) is 36.5. The van der Waals surface area contributed by atoms with Crippen LogP contribution in [-0.4, -0.2) is 7.05 Å². The third-order valence-electron chi connectivity index (χ3n) is 5.58. The van der Waals surface area contributed by atoms with Gasteiger partial charge in [-0.3, -0.25) is 0 Å². The maximum atomic E-state index is 3.78. The first-order valence-corrected chi connectivity index (χ1v) is 10.4. The lowest BCUT2D eigenvalue weighted by Gasteiger charge is -2.32. The maximum absolute atomic E-state index is 3.78. The molecule has 0 radical (unpaired) electrons. The smallest absolute Gasteiger partial charge is 0.125 e. The molecule has 0 fully saturated rings. The van der Waals surface area contributed by atoms with E-state index in [1.807, 2.05) is 0 Å². The minimum atomic E-state index is -0.00102. The van der Waals surface area contributed by atoms with Gasteiger partial charge >= 0.3 is 0 Å². The van der Waals surface area contributed by atoms with Gasteiger partial charge in [0.25, 0.3) is 0 Å². The predicted octanol–water partition coefficient (Wildman–Crippen LogP) is 7.22. The summed E-state index contributed by atoms with van der Waals surface area (Å²) in [5.41, 5.74) is 8.51. The Morgan fingerprint density at radius 2 is 1.37 bits per heavy atom. The van der Waals surface area contributed by atoms with Crippen molar-refractivity contribution in [3.8, 4) is 11.1 Å². The highest BCUT2D eigenvalue weighted by molar-refractivity contribution is 5.66. The fraction of sp³-hybridized carbons (Fsp3) is 0.143. The van der Waals surface area contributed by atoms with Crippen LogP contribution in [0.25, 0.3) is 11.1 Å². The number of nitrogens with zero attached hydrogens (tertiary/aromatic N) is 1. The molecule has 0 saturated carbocycles. The lowest BCUT2D eigenvalue weighted by molar-refractivity contribution is 0.754. The lowest BCUT2D eigenvalue weighted by atomic mass is 10.00. The van der Waals surface area contributed by atoms with Gasteiger partial charge in [-0.2, -0.15) is 0 Å². The Bertz CT molecular complexity index is 1100. The molecule has 0 aliphatic rings. The normalized spacial score (nSPS) is 11.7. The van der Waals surface area contributed by atoms with Crippen LogP contribution in [0.5, 0.6) is 0 Å². The zero-order valence-corrected chi connectivity index (χ0v) is 17.8. The second kappa shape index (κ2) is 8.87. The Morgan fingerprint density at radius 1 is 0.667 bits per heavy atom. The van der Waals surface area contributed by atoms with E-state index >= 15 is 0 Å². The highest BCUT2D eigenvalue weighted by Gasteiger charge is 2.19. The number of para-hydroxylation sites is 2. The van der Waals surface area contributed by atoms with Crippen LogP contribution < -0.4 is 10.2 Å². The number of benzene rings is 4. The molecule has 150 valence electrons. The molecule has 0 aromatic heterocycles. The fourth-order valence-corrected chi connectivity index (χ4v) is 3.73. The van der Waals surface area contributed by atoms with Crippen LogP contribution in [0.4, 0.5) is 11.4 Å². The van der Waals surface area contributed by atoms with E-state index in [1.165, 1.54) is 33.5 Å². The minimum Gasteiger partial charge on any atom is -0.361 e. The van der Waals surface area contributed by atoms with Gasteiger partial charge in [0, 0.05) is 18.4 Å². The van der Waals surface area contributed by atoms with Gasteiger partial charge in [-0.1, -0.05) is 84.4 Å². The van der Waals surface area contributed by atoms with Gasteiger partial charge in [0.15, 0.2) is 0 Å². The highest BCUT2D eigenvalue weighted by Crippen LogP contribution is 2.31. The molecule has 0 saturated heterocycles. The lowest BCUT2D eigenvalue weighted by Crippen LogP contribution is -2.30. The van der Waals surface area contributed by atoms with E-state index in [0.29, 0.717) is 0 Å². The van der Waals surface area contributed by atoms with Crippen LogP contribution in [-0.2, 0) is 0 Å². The van der Waals surface area contributed by atoms with Crippen LogP contribution >= 0.6 is 0 Å². The molecule has 0 heterocycles. The molecule has 4 aromatic rings. The van der Waals surface area contributed by atoms with Crippen LogP contribution in [0, 0.1) is 13.8 Å². The molecular formula is C28H28N2. The molecule has 0 bridgehead atoms. The van der Waals surface area contributed by atoms with Crippen molar-refractivity contribution in [3.63, 3.8) is 0 Å². The minimum absolute atomic E-state index is 0.00102. The second-order valence-corrected chi connectivity index (χ2v) is 7.80. The summed E-state index contributed by atoms with van der Waals surface area (Å²) in [5.74, 6) is 0. The average molecular weight is 393 g/mol. The second-order valence-electron chi connectivity index (χ2n) is 7.80. The molecule has 0 aliphatic heterocycles. The molecule has 0 aliphatic carbocycles. The van der Waals surface area contributed by atoms with E-state index < -0.39 is 0 Å². The van der Waals surface area contributed by atoms with Crippen LogP contribution in [0.15, 0.2) is 103 Å². The highest BCUT2D eigenvalue weighted by atomic mass is 15.3. The summed E-state index contributed by atoms with van der Waals surface area (Å²) in [6.45, 7) is 4.27. The molecule has 1 N–H and O–H groups in total. The van der Waals surface area contributed by atoms with Gasteiger partial charge in [0.2, 0.25) is 0 Å². The van der Waals surface area contributed by atoms with Gasteiger partial charge in [0.1, 0.15) is 6.17 Å². The Kier molecular flexibility index (Phi) is 5.85. The molecule has 2 heteroatoms. The zero-order valence-electron chi connectivity index (χ0n) is 17.8. The molecular weight excluding hydrogens is 364 g/mol. The summed E-state index contributed by atoms with van der Waals surface area (Å²) in [6.07, 6.45) is -0.00102. The number of nitrogens with one attached hydrogen (secondary N) is 1. The first kappa shape index (κ1) is 19.8. The van der Waals surface area contributed by atoms with E-state index in [2.05, 4.69) is 134 Å². The van der Waals surface area contributed by atoms with Gasteiger partial charge in [0.05, 0.1) is 0 Å². The SMILES string of the molecule is Cc1ccc(-c2cccc(C(Nc3ccccc3C)N(C)c3ccccc3)c2)cc1. The first-order valence-electron chi connectivity index (χ1n) is 10.4. The summed E-state index contributed by atoms with van der Waals surface area (Å²) in [5, 5.41) is 3.78. The number of aryl methyl sites for hydroxylation is 2. The Morgan fingerprint density at radius 3 is 2.10 bits per heavy atom. The first-order chi connectivity index (χ1) is 14.6. The zero-order chi connectivity index (χ0) is 20.9. The van der Waals surface area contributed by atoms with Gasteiger partial charge in [-0.25, -0.2) is 0 Å². The van der Waals surface area contributed by atoms with Crippen molar-refractivity contribution in [2.45, 2.75) is 20.0 Å². The molecule has 1 unspecified atom stereocenters. The van der Waals surface area contributed by atoms with Crippen LogP contribution in [0.1, 0.15) is 22.9 Å². The van der Waals surface area contributed by atoms with Crippen LogP contribution in [0.2, 0.25) is 0 Å². The van der Waals surface area contributed by atoms with Crippen molar-refractivity contribution in [3.05, 3.63) is 120 Å². The molecule has 0 amide bonds.